The van der Waals surface area contributed by atoms with Crippen LogP contribution in [0.2, 0.25) is 0 Å². The van der Waals surface area contributed by atoms with Gasteiger partial charge in [0.05, 0.1) is 24.5 Å². The zero-order chi connectivity index (χ0) is 22.1. The van der Waals surface area contributed by atoms with Gasteiger partial charge in [0.25, 0.3) is 0 Å². The lowest BCUT2D eigenvalue weighted by atomic mass is 10.0. The predicted octanol–water partition coefficient (Wildman–Crippen LogP) is 6.29. The van der Waals surface area contributed by atoms with Crippen LogP contribution in [-0.2, 0) is 0 Å². The Bertz CT molecular complexity index is 1240. The normalized spacial score (nSPS) is 17.9. The summed E-state index contributed by atoms with van der Waals surface area (Å²) in [5.74, 6) is 2.32. The molecular weight excluding hydrogens is 486 g/mol. The summed E-state index contributed by atoms with van der Waals surface area (Å²) in [6.45, 7) is 0. The van der Waals surface area contributed by atoms with E-state index >= 15 is 0 Å². The van der Waals surface area contributed by atoms with E-state index in [4.69, 9.17) is 21.4 Å². The average Bonchev–Trinajstić information content (AvgIpc) is 3.44. The summed E-state index contributed by atoms with van der Waals surface area (Å²) in [5.41, 5.74) is 2.77. The minimum atomic E-state index is -0.238. The number of furan rings is 1. The van der Waals surface area contributed by atoms with E-state index in [1.165, 1.54) is 0 Å². The van der Waals surface area contributed by atoms with Gasteiger partial charge in [0.2, 0.25) is 0 Å². The van der Waals surface area contributed by atoms with Crippen LogP contribution in [0.3, 0.4) is 0 Å². The molecule has 7 heteroatoms. The molecule has 1 fully saturated rings. The topological polar surface area (TPSA) is 50.5 Å². The number of thiocarbonyl (C=S) groups is 1. The van der Waals surface area contributed by atoms with E-state index in [-0.39, 0.29) is 12.1 Å². The van der Waals surface area contributed by atoms with Crippen molar-refractivity contribution in [2.75, 3.05) is 12.0 Å². The molecule has 1 aliphatic heterocycles. The number of nitrogens with one attached hydrogen (secondary N) is 1. The number of benzene rings is 2. The van der Waals surface area contributed by atoms with Gasteiger partial charge < -0.3 is 19.4 Å². The molecule has 2 atom stereocenters. The third-order valence-electron chi connectivity index (χ3n) is 5.49. The van der Waals surface area contributed by atoms with Crippen LogP contribution in [0.25, 0.3) is 11.3 Å². The first kappa shape index (κ1) is 20.7. The van der Waals surface area contributed by atoms with Crippen molar-refractivity contribution in [3.8, 4) is 17.1 Å². The van der Waals surface area contributed by atoms with Crippen molar-refractivity contribution >= 4 is 38.9 Å². The number of hydrogen-bond acceptors (Lipinski definition) is 4. The molecule has 3 heterocycles. The number of methoxy groups -OCH3 is 1. The van der Waals surface area contributed by atoms with E-state index in [1.54, 1.807) is 13.3 Å². The van der Waals surface area contributed by atoms with Gasteiger partial charge in [-0.2, -0.15) is 0 Å². The van der Waals surface area contributed by atoms with Gasteiger partial charge in [-0.1, -0.05) is 46.3 Å². The summed E-state index contributed by atoms with van der Waals surface area (Å²) >= 11 is 9.27. The summed E-state index contributed by atoms with van der Waals surface area (Å²) in [4.78, 5) is 6.64. The number of rotatable bonds is 5. The summed E-state index contributed by atoms with van der Waals surface area (Å²) in [6.07, 6.45) is 1.79. The van der Waals surface area contributed by atoms with Gasteiger partial charge in [0.1, 0.15) is 23.3 Å². The summed E-state index contributed by atoms with van der Waals surface area (Å²) in [5, 5.41) is 4.04. The number of nitrogens with zero attached hydrogens (tertiary/aromatic N) is 2. The first-order valence-electron chi connectivity index (χ1n) is 10.1. The summed E-state index contributed by atoms with van der Waals surface area (Å²) < 4.78 is 13.1. The number of pyridine rings is 1. The fourth-order valence-electron chi connectivity index (χ4n) is 4.01. The number of para-hydroxylation sites is 2. The lowest BCUT2D eigenvalue weighted by Gasteiger charge is -2.27. The van der Waals surface area contributed by atoms with Gasteiger partial charge in [-0.3, -0.25) is 4.98 Å². The molecule has 0 spiro atoms. The van der Waals surface area contributed by atoms with E-state index in [9.17, 15) is 0 Å². The highest BCUT2D eigenvalue weighted by atomic mass is 79.9. The highest BCUT2D eigenvalue weighted by Crippen LogP contribution is 2.45. The molecule has 0 bridgehead atoms. The molecule has 0 amide bonds. The molecule has 0 unspecified atom stereocenters. The monoisotopic (exact) mass is 505 g/mol. The number of aromatic nitrogens is 1. The average molecular weight is 506 g/mol. The van der Waals surface area contributed by atoms with Crippen molar-refractivity contribution in [3.05, 3.63) is 101 Å². The van der Waals surface area contributed by atoms with Crippen molar-refractivity contribution in [2.24, 2.45) is 0 Å². The van der Waals surface area contributed by atoms with Crippen LogP contribution in [-0.4, -0.2) is 17.2 Å². The molecule has 2 aromatic heterocycles. The van der Waals surface area contributed by atoms with Crippen LogP contribution in [0.4, 0.5) is 5.69 Å². The van der Waals surface area contributed by atoms with Crippen LogP contribution < -0.4 is 15.0 Å². The highest BCUT2D eigenvalue weighted by Gasteiger charge is 2.43. The molecule has 5 nitrogen and oxygen atoms in total. The zero-order valence-corrected chi connectivity index (χ0v) is 19.6. The molecule has 0 saturated carbocycles. The lowest BCUT2D eigenvalue weighted by Crippen LogP contribution is -2.29. The van der Waals surface area contributed by atoms with Gasteiger partial charge in [0.15, 0.2) is 5.11 Å². The minimum absolute atomic E-state index is 0.183. The third-order valence-corrected chi connectivity index (χ3v) is 6.33. The van der Waals surface area contributed by atoms with Gasteiger partial charge in [-0.25, -0.2) is 0 Å². The molecule has 0 radical (unpaired) electrons. The highest BCUT2D eigenvalue weighted by molar-refractivity contribution is 9.10. The molecule has 160 valence electrons. The fourth-order valence-corrected chi connectivity index (χ4v) is 4.62. The van der Waals surface area contributed by atoms with Crippen LogP contribution in [0.15, 0.2) is 93.9 Å². The van der Waals surface area contributed by atoms with Crippen molar-refractivity contribution in [2.45, 2.75) is 12.1 Å². The Morgan fingerprint density at radius 2 is 1.78 bits per heavy atom. The number of halogens is 1. The Kier molecular flexibility index (Phi) is 5.68. The Morgan fingerprint density at radius 3 is 2.53 bits per heavy atom. The second-order valence-corrected chi connectivity index (χ2v) is 8.68. The molecular formula is C25H20BrN3O2S. The fraction of sp³-hybridized carbons (Fsp3) is 0.120. The zero-order valence-electron chi connectivity index (χ0n) is 17.2. The molecule has 1 saturated heterocycles. The molecule has 1 N–H and O–H groups in total. The molecule has 2 aromatic carbocycles. The number of ether oxygens (including phenoxy) is 1. The van der Waals surface area contributed by atoms with Gasteiger partial charge in [-0.15, -0.1) is 0 Å². The Hall–Kier alpha value is -3.16. The molecule has 5 rings (SSSR count). The van der Waals surface area contributed by atoms with Crippen LogP contribution in [0.1, 0.15) is 23.5 Å². The van der Waals surface area contributed by atoms with Crippen molar-refractivity contribution < 1.29 is 9.15 Å². The maximum absolute atomic E-state index is 6.39. The van der Waals surface area contributed by atoms with Crippen molar-refractivity contribution in [3.63, 3.8) is 0 Å². The third kappa shape index (κ3) is 3.78. The maximum Gasteiger partial charge on any atom is 0.174 e. The molecule has 32 heavy (non-hydrogen) atoms. The largest absolute Gasteiger partial charge is 0.495 e. The van der Waals surface area contributed by atoms with Gasteiger partial charge in [-0.05, 0) is 60.7 Å². The number of anilines is 1. The lowest BCUT2D eigenvalue weighted by molar-refractivity contribution is 0.409. The minimum Gasteiger partial charge on any atom is -0.495 e. The Balaban J connectivity index is 1.61. The van der Waals surface area contributed by atoms with Gasteiger partial charge in [0, 0.05) is 16.2 Å². The predicted molar refractivity (Wildman–Crippen MR) is 133 cm³/mol. The SMILES string of the molecule is COc1ccccc1N1C(=S)N[C@@H](c2ccccn2)[C@@H]1c1ccc(-c2ccc(Br)cc2)o1. The summed E-state index contributed by atoms with van der Waals surface area (Å²) in [6, 6.07) is 25.4. The van der Waals surface area contributed by atoms with Crippen molar-refractivity contribution in [1.82, 2.24) is 10.3 Å². The van der Waals surface area contributed by atoms with E-state index in [2.05, 4.69) is 31.1 Å². The Labute approximate surface area is 200 Å². The number of hydrogen-bond donors (Lipinski definition) is 1. The first-order chi connectivity index (χ1) is 15.7. The maximum atomic E-state index is 6.39. The van der Waals surface area contributed by atoms with Crippen molar-refractivity contribution in [1.29, 1.82) is 0 Å². The smallest absolute Gasteiger partial charge is 0.174 e. The summed E-state index contributed by atoms with van der Waals surface area (Å²) in [7, 11) is 1.66. The second kappa shape index (κ2) is 8.76. The quantitative estimate of drug-likeness (QED) is 0.321. The molecule has 0 aliphatic carbocycles. The standard InChI is InChI=1S/C25H20BrN3O2S/c1-30-21-8-3-2-7-19(21)29-24(23(28-25(29)32)18-6-4-5-15-27-18)22-14-13-20(31-22)16-9-11-17(26)12-10-16/h2-15,23-24H,1H3,(H,28,32)/t23-,24-/m0/s1. The van der Waals surface area contributed by atoms with E-state index in [1.807, 2.05) is 78.9 Å². The first-order valence-corrected chi connectivity index (χ1v) is 11.3. The second-order valence-electron chi connectivity index (χ2n) is 7.38. The molecule has 4 aromatic rings. The van der Waals surface area contributed by atoms with Crippen LogP contribution in [0, 0.1) is 0 Å². The van der Waals surface area contributed by atoms with E-state index in [0.717, 1.165) is 38.7 Å². The van der Waals surface area contributed by atoms with E-state index < -0.39 is 0 Å². The molecule has 1 aliphatic rings. The van der Waals surface area contributed by atoms with Crippen LogP contribution >= 0.6 is 28.1 Å². The van der Waals surface area contributed by atoms with Gasteiger partial charge >= 0.3 is 0 Å². The van der Waals surface area contributed by atoms with Crippen LogP contribution in [0.5, 0.6) is 5.75 Å². The van der Waals surface area contributed by atoms with E-state index in [0.29, 0.717) is 5.11 Å². The Morgan fingerprint density at radius 1 is 1.00 bits per heavy atom.